The maximum atomic E-state index is 14.4. The quantitative estimate of drug-likeness (QED) is 0.693. The summed E-state index contributed by atoms with van der Waals surface area (Å²) < 4.78 is 20.0. The first-order valence-corrected chi connectivity index (χ1v) is 8.34. The van der Waals surface area contributed by atoms with Crippen molar-refractivity contribution in [3.8, 4) is 5.75 Å². The fraction of sp³-hybridized carbons (Fsp3) is 0.579. The van der Waals surface area contributed by atoms with Crippen LogP contribution in [0.3, 0.4) is 0 Å². The minimum atomic E-state index is -0.192. The lowest BCUT2D eigenvalue weighted by molar-refractivity contribution is 0.175. The Labute approximate surface area is 127 Å². The van der Waals surface area contributed by atoms with Crippen molar-refractivity contribution in [2.24, 2.45) is 11.8 Å². The van der Waals surface area contributed by atoms with Gasteiger partial charge in [-0.2, -0.15) is 0 Å². The van der Waals surface area contributed by atoms with Gasteiger partial charge in [-0.05, 0) is 61.6 Å². The summed E-state index contributed by atoms with van der Waals surface area (Å²) in [6.07, 6.45) is 13.3. The van der Waals surface area contributed by atoms with Crippen molar-refractivity contribution < 1.29 is 9.13 Å². The molecule has 114 valence electrons. The van der Waals surface area contributed by atoms with Gasteiger partial charge >= 0.3 is 0 Å². The zero-order valence-electron chi connectivity index (χ0n) is 12.9. The fourth-order valence-corrected chi connectivity index (χ4v) is 3.22. The summed E-state index contributed by atoms with van der Waals surface area (Å²) in [6.45, 7) is 2.51. The summed E-state index contributed by atoms with van der Waals surface area (Å²) >= 11 is 0. The zero-order chi connectivity index (χ0) is 14.7. The Morgan fingerprint density at radius 2 is 1.90 bits per heavy atom. The molecule has 0 radical (unpaired) electrons. The summed E-state index contributed by atoms with van der Waals surface area (Å²) in [5, 5.41) is 0. The number of halogens is 1. The molecule has 0 saturated heterocycles. The van der Waals surface area contributed by atoms with Crippen LogP contribution < -0.4 is 4.74 Å². The predicted octanol–water partition coefficient (Wildman–Crippen LogP) is 5.52. The van der Waals surface area contributed by atoms with E-state index in [0.717, 1.165) is 5.56 Å². The summed E-state index contributed by atoms with van der Waals surface area (Å²) in [7, 11) is 0. The van der Waals surface area contributed by atoms with E-state index in [1.165, 1.54) is 44.9 Å². The molecule has 0 atom stereocenters. The van der Waals surface area contributed by atoms with E-state index < -0.39 is 0 Å². The Bertz CT molecular complexity index is 511. The molecule has 3 rings (SSSR count). The zero-order valence-corrected chi connectivity index (χ0v) is 12.9. The van der Waals surface area contributed by atoms with Gasteiger partial charge in [-0.1, -0.05) is 37.5 Å². The molecule has 0 spiro atoms. The van der Waals surface area contributed by atoms with E-state index in [2.05, 4.69) is 12.2 Å². The first-order chi connectivity index (χ1) is 10.2. The molecule has 2 fully saturated rings. The molecule has 1 aromatic carbocycles. The monoisotopic (exact) mass is 288 g/mol. The van der Waals surface area contributed by atoms with Crippen LogP contribution in [0.2, 0.25) is 0 Å². The topological polar surface area (TPSA) is 9.23 Å². The molecule has 2 aliphatic carbocycles. The second-order valence-corrected chi connectivity index (χ2v) is 6.60. The van der Waals surface area contributed by atoms with Crippen molar-refractivity contribution in [1.29, 1.82) is 0 Å². The van der Waals surface area contributed by atoms with Crippen LogP contribution in [0.15, 0.2) is 18.2 Å². The Morgan fingerprint density at radius 1 is 1.14 bits per heavy atom. The van der Waals surface area contributed by atoms with E-state index in [1.54, 1.807) is 6.07 Å². The summed E-state index contributed by atoms with van der Waals surface area (Å²) in [5.74, 6) is 1.54. The molecule has 0 bridgehead atoms. The van der Waals surface area contributed by atoms with Crippen molar-refractivity contribution >= 4 is 6.08 Å². The van der Waals surface area contributed by atoms with Gasteiger partial charge in [-0.3, -0.25) is 0 Å². The van der Waals surface area contributed by atoms with Gasteiger partial charge in [0.1, 0.15) is 0 Å². The third kappa shape index (κ3) is 3.48. The molecular weight excluding hydrogens is 263 g/mol. The molecule has 0 aromatic heterocycles. The van der Waals surface area contributed by atoms with Gasteiger partial charge in [0, 0.05) is 0 Å². The van der Waals surface area contributed by atoms with E-state index in [-0.39, 0.29) is 5.82 Å². The molecule has 2 heteroatoms. The van der Waals surface area contributed by atoms with Gasteiger partial charge in [0.05, 0.1) is 6.61 Å². The van der Waals surface area contributed by atoms with E-state index in [9.17, 15) is 4.39 Å². The lowest BCUT2D eigenvalue weighted by Gasteiger charge is -2.25. The molecule has 0 unspecified atom stereocenters. The number of ether oxygens (including phenoxy) is 1. The molecule has 1 nitrogen and oxygen atoms in total. The van der Waals surface area contributed by atoms with Crippen LogP contribution in [0.1, 0.15) is 56.1 Å². The lowest BCUT2D eigenvalue weighted by Crippen LogP contribution is -2.19. The van der Waals surface area contributed by atoms with Gasteiger partial charge < -0.3 is 4.74 Å². The van der Waals surface area contributed by atoms with E-state index in [0.29, 0.717) is 29.8 Å². The Morgan fingerprint density at radius 3 is 2.57 bits per heavy atom. The lowest BCUT2D eigenvalue weighted by atomic mass is 9.86. The van der Waals surface area contributed by atoms with Crippen molar-refractivity contribution in [1.82, 2.24) is 0 Å². The Kier molecular flexibility index (Phi) is 4.62. The molecular formula is C19H25FO. The maximum absolute atomic E-state index is 14.4. The molecule has 2 saturated carbocycles. The standard InChI is InChI=1S/C19H25FO/c1-14-17(10-9-15-5-2-3-6-15)11-12-18(19(14)20)21-13-16-7-4-8-16/h9-12,15-16H,2-8,13H2,1H3/b10-9+. The average molecular weight is 288 g/mol. The highest BCUT2D eigenvalue weighted by Gasteiger charge is 2.19. The van der Waals surface area contributed by atoms with E-state index in [1.807, 2.05) is 13.0 Å². The summed E-state index contributed by atoms with van der Waals surface area (Å²) in [5.41, 5.74) is 1.69. The second-order valence-electron chi connectivity index (χ2n) is 6.60. The Balaban J connectivity index is 1.66. The number of hydrogen-bond donors (Lipinski definition) is 0. The van der Waals surface area contributed by atoms with Crippen molar-refractivity contribution in [2.45, 2.75) is 51.9 Å². The van der Waals surface area contributed by atoms with Crippen LogP contribution in [0, 0.1) is 24.6 Å². The number of rotatable bonds is 5. The maximum Gasteiger partial charge on any atom is 0.168 e. The molecule has 0 aliphatic heterocycles. The van der Waals surface area contributed by atoms with Gasteiger partial charge in [0.15, 0.2) is 11.6 Å². The summed E-state index contributed by atoms with van der Waals surface area (Å²) in [6, 6.07) is 3.77. The third-order valence-electron chi connectivity index (χ3n) is 5.04. The number of hydrogen-bond acceptors (Lipinski definition) is 1. The molecule has 0 N–H and O–H groups in total. The van der Waals surface area contributed by atoms with Crippen LogP contribution >= 0.6 is 0 Å². The third-order valence-corrected chi connectivity index (χ3v) is 5.04. The molecule has 0 heterocycles. The number of benzene rings is 1. The molecule has 2 aliphatic rings. The highest BCUT2D eigenvalue weighted by atomic mass is 19.1. The number of allylic oxidation sites excluding steroid dienone is 1. The van der Waals surface area contributed by atoms with Crippen molar-refractivity contribution in [2.75, 3.05) is 6.61 Å². The largest absolute Gasteiger partial charge is 0.490 e. The average Bonchev–Trinajstić information content (AvgIpc) is 2.94. The Hall–Kier alpha value is -1.31. The summed E-state index contributed by atoms with van der Waals surface area (Å²) in [4.78, 5) is 0. The van der Waals surface area contributed by atoms with Crippen LogP contribution in [0.25, 0.3) is 6.08 Å². The normalized spacial score (nSPS) is 20.1. The van der Waals surface area contributed by atoms with Crippen LogP contribution in [-0.2, 0) is 0 Å². The van der Waals surface area contributed by atoms with Crippen molar-refractivity contribution in [3.63, 3.8) is 0 Å². The van der Waals surface area contributed by atoms with Gasteiger partial charge in [-0.15, -0.1) is 0 Å². The van der Waals surface area contributed by atoms with Crippen LogP contribution in [-0.4, -0.2) is 6.61 Å². The first-order valence-electron chi connectivity index (χ1n) is 8.34. The highest BCUT2D eigenvalue weighted by molar-refractivity contribution is 5.56. The first kappa shape index (κ1) is 14.6. The fourth-order valence-electron chi connectivity index (χ4n) is 3.22. The van der Waals surface area contributed by atoms with Gasteiger partial charge in [0.2, 0.25) is 0 Å². The minimum absolute atomic E-state index is 0.192. The smallest absolute Gasteiger partial charge is 0.168 e. The van der Waals surface area contributed by atoms with Gasteiger partial charge in [-0.25, -0.2) is 4.39 Å². The van der Waals surface area contributed by atoms with Crippen LogP contribution in [0.5, 0.6) is 5.75 Å². The SMILES string of the molecule is Cc1c(/C=C/C2CCCC2)ccc(OCC2CCC2)c1F. The predicted molar refractivity (Wildman–Crippen MR) is 85.0 cm³/mol. The van der Waals surface area contributed by atoms with Gasteiger partial charge in [0.25, 0.3) is 0 Å². The second kappa shape index (κ2) is 6.64. The van der Waals surface area contributed by atoms with Crippen molar-refractivity contribution in [3.05, 3.63) is 35.2 Å². The van der Waals surface area contributed by atoms with E-state index >= 15 is 0 Å². The molecule has 0 amide bonds. The minimum Gasteiger partial charge on any atom is -0.490 e. The van der Waals surface area contributed by atoms with E-state index in [4.69, 9.17) is 4.74 Å². The highest BCUT2D eigenvalue weighted by Crippen LogP contribution is 2.30. The van der Waals surface area contributed by atoms with Crippen LogP contribution in [0.4, 0.5) is 4.39 Å². The molecule has 1 aromatic rings. The molecule has 21 heavy (non-hydrogen) atoms.